The van der Waals surface area contributed by atoms with E-state index in [2.05, 4.69) is 15.3 Å². The fourth-order valence-corrected chi connectivity index (χ4v) is 6.90. The molecule has 14 nitrogen and oxygen atoms in total. The molecule has 1 N–H and O–H groups in total. The number of rotatable bonds is 8. The summed E-state index contributed by atoms with van der Waals surface area (Å²) in [6.07, 6.45) is 7.55. The number of nitrogens with zero attached hydrogens (tertiary/aromatic N) is 8. The van der Waals surface area contributed by atoms with E-state index < -0.39 is 17.1 Å². The lowest BCUT2D eigenvalue weighted by atomic mass is 9.93. The van der Waals surface area contributed by atoms with E-state index in [-0.39, 0.29) is 36.0 Å². The molecule has 5 heterocycles. The van der Waals surface area contributed by atoms with Gasteiger partial charge in [0.15, 0.2) is 5.82 Å². The molecule has 15 heteroatoms. The van der Waals surface area contributed by atoms with Crippen molar-refractivity contribution in [3.8, 4) is 16.9 Å². The predicted molar refractivity (Wildman–Crippen MR) is 189 cm³/mol. The average molecular weight is 696 g/mol. The van der Waals surface area contributed by atoms with Crippen LogP contribution in [0.15, 0.2) is 70.7 Å². The number of carbonyl (C=O) groups excluding carboxylic acids is 2. The lowest BCUT2D eigenvalue weighted by Crippen LogP contribution is -2.51. The molecule has 0 atom stereocenters. The molecule has 0 unspecified atom stereocenters. The highest BCUT2D eigenvalue weighted by Crippen LogP contribution is 2.40. The maximum Gasteiger partial charge on any atom is 0.330 e. The number of nitrogens with one attached hydrogen (secondary N) is 1. The molecule has 2 aliphatic rings. The molecule has 7 rings (SSSR count). The molecule has 3 aromatic heterocycles. The molecular formula is C36H38FN9O5. The third-order valence-electron chi connectivity index (χ3n) is 9.69. The molecule has 0 spiro atoms. The van der Waals surface area contributed by atoms with Crippen LogP contribution in [0.3, 0.4) is 0 Å². The van der Waals surface area contributed by atoms with Crippen molar-refractivity contribution in [1.82, 2.24) is 38.9 Å². The van der Waals surface area contributed by atoms with Crippen LogP contribution in [0.2, 0.25) is 0 Å². The van der Waals surface area contributed by atoms with Crippen LogP contribution in [0.1, 0.15) is 28.9 Å². The van der Waals surface area contributed by atoms with Crippen LogP contribution in [-0.2, 0) is 25.4 Å². The smallest absolute Gasteiger partial charge is 0.330 e. The fourth-order valence-electron chi connectivity index (χ4n) is 6.90. The van der Waals surface area contributed by atoms with Crippen molar-refractivity contribution in [2.24, 2.45) is 14.1 Å². The molecule has 0 bridgehead atoms. The third-order valence-corrected chi connectivity index (χ3v) is 9.69. The van der Waals surface area contributed by atoms with Gasteiger partial charge in [-0.05, 0) is 35.8 Å². The number of piperazine rings is 1. The molecule has 0 radical (unpaired) electrons. The third kappa shape index (κ3) is 6.30. The monoisotopic (exact) mass is 695 g/mol. The minimum Gasteiger partial charge on any atom is -0.496 e. The minimum absolute atomic E-state index is 0.0629. The number of anilines is 1. The lowest BCUT2D eigenvalue weighted by molar-refractivity contribution is -0.131. The van der Waals surface area contributed by atoms with E-state index in [0.717, 1.165) is 10.1 Å². The summed E-state index contributed by atoms with van der Waals surface area (Å²) in [5.41, 5.74) is 2.42. The van der Waals surface area contributed by atoms with Crippen molar-refractivity contribution < 1.29 is 18.7 Å². The fraction of sp³-hybridized carbons (Fsp3) is 0.333. The Balaban J connectivity index is 1.19. The molecule has 0 aliphatic carbocycles. The van der Waals surface area contributed by atoms with Gasteiger partial charge in [0.25, 0.3) is 11.5 Å². The quantitative estimate of drug-likeness (QED) is 0.261. The van der Waals surface area contributed by atoms with Gasteiger partial charge >= 0.3 is 5.69 Å². The number of hydrogen-bond acceptors (Lipinski definition) is 8. The number of ether oxygens (including phenoxy) is 1. The van der Waals surface area contributed by atoms with Gasteiger partial charge in [0.2, 0.25) is 5.91 Å². The Morgan fingerprint density at radius 1 is 0.980 bits per heavy atom. The highest BCUT2D eigenvalue weighted by atomic mass is 19.1. The Morgan fingerprint density at radius 2 is 1.76 bits per heavy atom. The van der Waals surface area contributed by atoms with E-state index in [1.807, 2.05) is 35.2 Å². The number of carbonyl (C=O) groups is 2. The van der Waals surface area contributed by atoms with E-state index in [1.54, 1.807) is 53.2 Å². The second kappa shape index (κ2) is 13.7. The summed E-state index contributed by atoms with van der Waals surface area (Å²) in [6.45, 7) is 2.56. The van der Waals surface area contributed by atoms with Crippen LogP contribution >= 0.6 is 0 Å². The standard InChI is InChI=1S/C36H38FN9O5/c1-41-22-29(35(49)42(2)36(41)50)43-15-17-44(18-16-43)34(48)28-20-27-26(24-8-4-5-9-30(24)51-3)19-25(32(37)33(27)39-28)23-7-6-12-45(21-23)31(47)10-13-46-14-11-38-40-46/h4-5,7-9,11,14,19-20,22,39H,6,10,12-13,15-18,21H2,1-3H3. The van der Waals surface area contributed by atoms with Gasteiger partial charge in [-0.15, -0.1) is 5.10 Å². The first-order valence-corrected chi connectivity index (χ1v) is 16.8. The molecule has 2 aromatic carbocycles. The number of para-hydroxylation sites is 1. The molecule has 2 aliphatic heterocycles. The highest BCUT2D eigenvalue weighted by Gasteiger charge is 2.29. The zero-order valence-electron chi connectivity index (χ0n) is 28.6. The lowest BCUT2D eigenvalue weighted by Gasteiger charge is -2.35. The zero-order chi connectivity index (χ0) is 35.8. The van der Waals surface area contributed by atoms with Gasteiger partial charge in [0, 0.05) is 88.7 Å². The van der Waals surface area contributed by atoms with E-state index in [4.69, 9.17) is 4.74 Å². The van der Waals surface area contributed by atoms with Crippen molar-refractivity contribution in [2.75, 3.05) is 51.3 Å². The van der Waals surface area contributed by atoms with Gasteiger partial charge in [0.05, 0.1) is 25.4 Å². The first kappa shape index (κ1) is 33.5. The second-order valence-electron chi connectivity index (χ2n) is 12.8. The Bertz CT molecular complexity index is 2280. The summed E-state index contributed by atoms with van der Waals surface area (Å²) in [5, 5.41) is 8.24. The number of aromatic nitrogens is 6. The summed E-state index contributed by atoms with van der Waals surface area (Å²) < 4.78 is 26.4. The molecule has 1 saturated heterocycles. The zero-order valence-corrected chi connectivity index (χ0v) is 28.6. The van der Waals surface area contributed by atoms with E-state index in [1.165, 1.54) is 17.8 Å². The normalized spacial score (nSPS) is 15.0. The number of methoxy groups -OCH3 is 1. The van der Waals surface area contributed by atoms with Crippen molar-refractivity contribution in [3.63, 3.8) is 0 Å². The summed E-state index contributed by atoms with van der Waals surface area (Å²) in [5.74, 6) is -0.283. The number of benzene rings is 2. The highest BCUT2D eigenvalue weighted by molar-refractivity contribution is 6.05. The Kier molecular flexibility index (Phi) is 9.02. The van der Waals surface area contributed by atoms with Crippen LogP contribution in [0.4, 0.5) is 10.1 Å². The first-order valence-electron chi connectivity index (χ1n) is 16.8. The molecule has 5 aromatic rings. The topological polar surface area (TPSA) is 144 Å². The molecule has 0 saturated carbocycles. The molecular weight excluding hydrogens is 657 g/mol. The first-order chi connectivity index (χ1) is 24.6. The van der Waals surface area contributed by atoms with Gasteiger partial charge in [-0.25, -0.2) is 9.18 Å². The molecule has 2 amide bonds. The van der Waals surface area contributed by atoms with Crippen molar-refractivity contribution in [2.45, 2.75) is 19.4 Å². The van der Waals surface area contributed by atoms with Gasteiger partial charge in [0.1, 0.15) is 17.1 Å². The van der Waals surface area contributed by atoms with Crippen LogP contribution in [0, 0.1) is 5.82 Å². The summed E-state index contributed by atoms with van der Waals surface area (Å²) in [7, 11) is 4.60. The summed E-state index contributed by atoms with van der Waals surface area (Å²) in [4.78, 5) is 60.4. The number of halogens is 1. The Morgan fingerprint density at radius 3 is 2.51 bits per heavy atom. The minimum atomic E-state index is -0.513. The average Bonchev–Trinajstić information content (AvgIpc) is 3.86. The van der Waals surface area contributed by atoms with E-state index in [9.17, 15) is 19.2 Å². The maximum absolute atomic E-state index is 16.7. The summed E-state index contributed by atoms with van der Waals surface area (Å²) >= 11 is 0. The maximum atomic E-state index is 16.7. The van der Waals surface area contributed by atoms with Gasteiger partial charge < -0.3 is 29.0 Å². The Hall–Kier alpha value is -5.99. The summed E-state index contributed by atoms with van der Waals surface area (Å²) in [6, 6.07) is 10.9. The van der Waals surface area contributed by atoms with Crippen LogP contribution in [0.25, 0.3) is 27.6 Å². The SMILES string of the molecule is COc1ccccc1-c1cc(C2=CCCN(C(=O)CCn3ccnn3)C2)c(F)c2[nH]c(C(=O)N3CCN(c4cn(C)c(=O)n(C)c4=O)CC3)cc12. The van der Waals surface area contributed by atoms with Crippen molar-refractivity contribution >= 4 is 34.0 Å². The van der Waals surface area contributed by atoms with Crippen molar-refractivity contribution in [1.29, 1.82) is 0 Å². The molecule has 264 valence electrons. The number of H-pyrrole nitrogens is 1. The number of aryl methyl sites for hydroxylation is 2. The molecule has 1 fully saturated rings. The second-order valence-corrected chi connectivity index (χ2v) is 12.8. The Labute approximate surface area is 291 Å². The predicted octanol–water partition coefficient (Wildman–Crippen LogP) is 2.64. The van der Waals surface area contributed by atoms with E-state index in [0.29, 0.717) is 79.2 Å². The largest absolute Gasteiger partial charge is 0.496 e. The van der Waals surface area contributed by atoms with Crippen LogP contribution in [0.5, 0.6) is 5.75 Å². The van der Waals surface area contributed by atoms with E-state index >= 15 is 4.39 Å². The number of fused-ring (bicyclic) bond motifs is 1. The number of hydrogen-bond donors (Lipinski definition) is 1. The van der Waals surface area contributed by atoms with Crippen LogP contribution in [-0.4, -0.2) is 97.1 Å². The molecule has 51 heavy (non-hydrogen) atoms. The van der Waals surface area contributed by atoms with Gasteiger partial charge in [-0.2, -0.15) is 0 Å². The van der Waals surface area contributed by atoms with Gasteiger partial charge in [-0.3, -0.25) is 23.6 Å². The number of aromatic amines is 1. The van der Waals surface area contributed by atoms with Crippen molar-refractivity contribution in [3.05, 3.63) is 99.0 Å². The van der Waals surface area contributed by atoms with Crippen LogP contribution < -0.4 is 20.9 Å². The number of amides is 2. The van der Waals surface area contributed by atoms with Gasteiger partial charge in [-0.1, -0.05) is 29.5 Å².